The summed E-state index contributed by atoms with van der Waals surface area (Å²) in [6, 6.07) is 20.7. The normalized spacial score (nSPS) is 15.3. The number of halogens is 2. The monoisotopic (exact) mass is 463 g/mol. The van der Waals surface area contributed by atoms with E-state index < -0.39 is 11.7 Å². The minimum absolute atomic E-state index is 0.0791. The fourth-order valence-corrected chi connectivity index (χ4v) is 4.08. The highest BCUT2D eigenvalue weighted by Gasteiger charge is 2.34. The first kappa shape index (κ1) is 22.7. The van der Waals surface area contributed by atoms with Gasteiger partial charge in [-0.05, 0) is 30.7 Å². The van der Waals surface area contributed by atoms with E-state index in [1.165, 1.54) is 35.2 Å². The van der Waals surface area contributed by atoms with E-state index in [1.54, 1.807) is 12.1 Å². The molecule has 0 aromatic heterocycles. The number of carbonyl (C=O) groups excluding carboxylic acids is 2. The fraction of sp³-hybridized carbons (Fsp3) is 0.192. The number of nitrogens with zero attached hydrogens (tertiary/aromatic N) is 3. The lowest BCUT2D eigenvalue weighted by molar-refractivity contribution is -0.133. The number of hydrogen-bond acceptors (Lipinski definition) is 3. The highest BCUT2D eigenvalue weighted by molar-refractivity contribution is 6.34. The third-order valence-corrected chi connectivity index (χ3v) is 5.97. The van der Waals surface area contributed by atoms with Gasteiger partial charge in [0.05, 0.1) is 17.3 Å². The molecule has 33 heavy (non-hydrogen) atoms. The molecule has 0 fully saturated rings. The fourth-order valence-electron chi connectivity index (χ4n) is 3.83. The molecule has 0 saturated carbocycles. The van der Waals surface area contributed by atoms with Gasteiger partial charge < -0.3 is 4.90 Å². The van der Waals surface area contributed by atoms with Crippen molar-refractivity contribution in [1.82, 2.24) is 9.91 Å². The summed E-state index contributed by atoms with van der Waals surface area (Å²) in [6.45, 7) is 1.76. The van der Waals surface area contributed by atoms with Crippen molar-refractivity contribution in [3.8, 4) is 0 Å². The first-order valence-corrected chi connectivity index (χ1v) is 10.9. The molecule has 1 heterocycles. The van der Waals surface area contributed by atoms with Crippen molar-refractivity contribution in [3.63, 3.8) is 0 Å². The van der Waals surface area contributed by atoms with Crippen molar-refractivity contribution in [1.29, 1.82) is 0 Å². The second-order valence-electron chi connectivity index (χ2n) is 8.04. The van der Waals surface area contributed by atoms with Gasteiger partial charge in [0, 0.05) is 24.1 Å². The summed E-state index contributed by atoms with van der Waals surface area (Å²) in [5, 5.41) is 6.57. The van der Waals surface area contributed by atoms with Crippen molar-refractivity contribution in [2.75, 3.05) is 13.6 Å². The molecule has 2 amide bonds. The van der Waals surface area contributed by atoms with Crippen LogP contribution in [-0.4, -0.2) is 41.0 Å². The highest BCUT2D eigenvalue weighted by Crippen LogP contribution is 2.34. The minimum Gasteiger partial charge on any atom is -0.332 e. The van der Waals surface area contributed by atoms with E-state index >= 15 is 0 Å². The number of hydrogen-bond donors (Lipinski definition) is 0. The molecule has 3 aromatic carbocycles. The maximum atomic E-state index is 14.1. The molecule has 5 nitrogen and oxygen atoms in total. The van der Waals surface area contributed by atoms with Gasteiger partial charge in [-0.1, -0.05) is 71.8 Å². The molecule has 1 aliphatic heterocycles. The number of benzene rings is 3. The Labute approximate surface area is 197 Å². The Balaban J connectivity index is 1.61. The third kappa shape index (κ3) is 4.81. The van der Waals surface area contributed by atoms with E-state index in [0.717, 1.165) is 16.7 Å². The van der Waals surface area contributed by atoms with Gasteiger partial charge in [-0.25, -0.2) is 9.40 Å². The van der Waals surface area contributed by atoms with Crippen LogP contribution in [0.25, 0.3) is 0 Å². The summed E-state index contributed by atoms with van der Waals surface area (Å²) >= 11 is 6.38. The average molecular weight is 464 g/mol. The van der Waals surface area contributed by atoms with Gasteiger partial charge in [0.2, 0.25) is 0 Å². The van der Waals surface area contributed by atoms with Gasteiger partial charge in [-0.3, -0.25) is 9.59 Å². The van der Waals surface area contributed by atoms with Crippen molar-refractivity contribution in [2.24, 2.45) is 5.10 Å². The Hall–Kier alpha value is -3.51. The van der Waals surface area contributed by atoms with Crippen LogP contribution >= 0.6 is 11.6 Å². The largest absolute Gasteiger partial charge is 0.332 e. The van der Waals surface area contributed by atoms with E-state index in [-0.39, 0.29) is 24.1 Å². The van der Waals surface area contributed by atoms with E-state index in [4.69, 9.17) is 11.6 Å². The number of likely N-dealkylation sites (N-methyl/N-ethyl adjacent to an activating group) is 1. The van der Waals surface area contributed by atoms with Crippen LogP contribution < -0.4 is 0 Å². The summed E-state index contributed by atoms with van der Waals surface area (Å²) in [6.07, 6.45) is 0.490. The van der Waals surface area contributed by atoms with Crippen molar-refractivity contribution in [3.05, 3.63) is 106 Å². The molecular formula is C26H23ClFN3O2. The molecule has 0 aliphatic carbocycles. The number of aryl methyl sites for hydroxylation is 1. The van der Waals surface area contributed by atoms with E-state index in [2.05, 4.69) is 5.10 Å². The molecule has 0 unspecified atom stereocenters. The van der Waals surface area contributed by atoms with Crippen LogP contribution in [0, 0.1) is 12.7 Å². The molecule has 0 radical (unpaired) electrons. The first-order valence-electron chi connectivity index (χ1n) is 10.6. The van der Waals surface area contributed by atoms with Gasteiger partial charge in [-0.2, -0.15) is 5.10 Å². The van der Waals surface area contributed by atoms with Crippen LogP contribution in [0.1, 0.15) is 39.5 Å². The molecule has 4 rings (SSSR count). The summed E-state index contributed by atoms with van der Waals surface area (Å²) < 4.78 is 14.1. The van der Waals surface area contributed by atoms with Crippen molar-refractivity contribution < 1.29 is 14.0 Å². The Morgan fingerprint density at radius 1 is 1.06 bits per heavy atom. The maximum Gasteiger partial charge on any atom is 0.262 e. The van der Waals surface area contributed by atoms with Crippen LogP contribution in [-0.2, 0) is 4.79 Å². The minimum atomic E-state index is -0.625. The Morgan fingerprint density at radius 3 is 2.42 bits per heavy atom. The first-order chi connectivity index (χ1) is 15.8. The SMILES string of the molecule is Cc1ccc([C@H]2CC(c3ccccc3Cl)=NN2C(=O)CN(C)C(=O)c2ccccc2F)cc1. The maximum absolute atomic E-state index is 14.1. The molecule has 0 spiro atoms. The van der Waals surface area contributed by atoms with Crippen LogP contribution in [0.4, 0.5) is 4.39 Å². The number of carbonyl (C=O) groups is 2. The molecule has 0 saturated heterocycles. The molecule has 7 heteroatoms. The second kappa shape index (κ2) is 9.55. The molecule has 168 valence electrons. The zero-order chi connectivity index (χ0) is 23.5. The van der Waals surface area contributed by atoms with Crippen LogP contribution in [0.3, 0.4) is 0 Å². The van der Waals surface area contributed by atoms with Gasteiger partial charge in [0.1, 0.15) is 12.4 Å². The topological polar surface area (TPSA) is 53.0 Å². The van der Waals surface area contributed by atoms with E-state index in [1.807, 2.05) is 49.4 Å². The Bertz CT molecular complexity index is 1230. The third-order valence-electron chi connectivity index (χ3n) is 5.64. The zero-order valence-corrected chi connectivity index (χ0v) is 19.1. The summed E-state index contributed by atoms with van der Waals surface area (Å²) in [7, 11) is 1.47. The summed E-state index contributed by atoms with van der Waals surface area (Å²) in [5.74, 6) is -1.56. The lowest BCUT2D eigenvalue weighted by Crippen LogP contribution is -2.39. The quantitative estimate of drug-likeness (QED) is 0.519. The van der Waals surface area contributed by atoms with Crippen LogP contribution in [0.5, 0.6) is 0 Å². The predicted octanol–water partition coefficient (Wildman–Crippen LogP) is 5.24. The predicted molar refractivity (Wildman–Crippen MR) is 127 cm³/mol. The highest BCUT2D eigenvalue weighted by atomic mass is 35.5. The molecule has 1 atom stereocenters. The van der Waals surface area contributed by atoms with E-state index in [0.29, 0.717) is 17.2 Å². The zero-order valence-electron chi connectivity index (χ0n) is 18.3. The van der Waals surface area contributed by atoms with Crippen LogP contribution in [0.15, 0.2) is 77.9 Å². The van der Waals surface area contributed by atoms with E-state index in [9.17, 15) is 14.0 Å². The smallest absolute Gasteiger partial charge is 0.262 e. The summed E-state index contributed by atoms with van der Waals surface area (Å²) in [4.78, 5) is 27.2. The number of amides is 2. The summed E-state index contributed by atoms with van der Waals surface area (Å²) in [5.41, 5.74) is 3.43. The molecule has 1 aliphatic rings. The molecular weight excluding hydrogens is 441 g/mol. The van der Waals surface area contributed by atoms with Gasteiger partial charge in [-0.15, -0.1) is 0 Å². The Kier molecular flexibility index (Phi) is 6.56. The Morgan fingerprint density at radius 2 is 1.73 bits per heavy atom. The number of hydrazone groups is 1. The van der Waals surface area contributed by atoms with Crippen molar-refractivity contribution >= 4 is 29.1 Å². The number of rotatable bonds is 5. The molecule has 0 N–H and O–H groups in total. The van der Waals surface area contributed by atoms with Crippen molar-refractivity contribution in [2.45, 2.75) is 19.4 Å². The lowest BCUT2D eigenvalue weighted by atomic mass is 9.97. The average Bonchev–Trinajstić information content (AvgIpc) is 3.25. The van der Waals surface area contributed by atoms with Crippen LogP contribution in [0.2, 0.25) is 5.02 Å². The van der Waals surface area contributed by atoms with Gasteiger partial charge in [0.15, 0.2) is 0 Å². The van der Waals surface area contributed by atoms with Gasteiger partial charge >= 0.3 is 0 Å². The van der Waals surface area contributed by atoms with Gasteiger partial charge in [0.25, 0.3) is 11.8 Å². The standard InChI is InChI=1S/C26H23ClFN3O2/c1-17-11-13-18(14-12-17)24-15-23(19-7-3-5-9-21(19)27)29-31(24)25(32)16-30(2)26(33)20-8-4-6-10-22(20)28/h3-14,24H,15-16H2,1-2H3/t24-/m1/s1. The molecule has 0 bridgehead atoms. The molecule has 3 aromatic rings. The second-order valence-corrected chi connectivity index (χ2v) is 8.44. The lowest BCUT2D eigenvalue weighted by Gasteiger charge is -2.25.